The summed E-state index contributed by atoms with van der Waals surface area (Å²) in [5.74, 6) is -3.19. The molecule has 0 saturated heterocycles. The molecule has 82 valence electrons. The maximum absolute atomic E-state index is 11.1. The van der Waals surface area contributed by atoms with E-state index in [2.05, 4.69) is 13.8 Å². The zero-order valence-corrected chi connectivity index (χ0v) is 9.03. The Kier molecular flexibility index (Phi) is 2.62. The molecule has 1 aromatic carbocycles. The van der Waals surface area contributed by atoms with Gasteiger partial charge >= 0.3 is 5.97 Å². The van der Waals surface area contributed by atoms with E-state index in [1.807, 2.05) is 0 Å². The molecular formula is C13H18O2. The molecule has 1 N–H and O–H groups in total. The first kappa shape index (κ1) is 7.91. The number of carboxylic acids is 1. The number of rotatable bonds is 4. The SMILES string of the molecule is [2H]C([2H])[C@@]([2H])(C(=O)O)c1ccc(CC(C)C)cc1. The van der Waals surface area contributed by atoms with Crippen molar-refractivity contribution in [2.45, 2.75) is 33.0 Å². The largest absolute Gasteiger partial charge is 0.481 e. The molecule has 0 aliphatic heterocycles. The van der Waals surface area contributed by atoms with Gasteiger partial charge in [-0.1, -0.05) is 38.1 Å². The highest BCUT2D eigenvalue weighted by molar-refractivity contribution is 5.75. The van der Waals surface area contributed by atoms with Crippen molar-refractivity contribution in [3.05, 3.63) is 35.4 Å². The summed E-state index contributed by atoms with van der Waals surface area (Å²) in [6, 6.07) is 6.61. The van der Waals surface area contributed by atoms with Crippen molar-refractivity contribution in [1.29, 1.82) is 0 Å². The van der Waals surface area contributed by atoms with Gasteiger partial charge in [0.05, 0.1) is 5.89 Å². The first-order valence-electron chi connectivity index (χ1n) is 6.61. The summed E-state index contributed by atoms with van der Waals surface area (Å²) in [6.07, 6.45) is 0.879. The van der Waals surface area contributed by atoms with Crippen LogP contribution in [0.15, 0.2) is 24.3 Å². The summed E-state index contributed by atoms with van der Waals surface area (Å²) in [4.78, 5) is 11.1. The summed E-state index contributed by atoms with van der Waals surface area (Å²) in [5, 5.41) is 9.04. The second-order valence-electron chi connectivity index (χ2n) is 4.01. The molecular weight excluding hydrogens is 188 g/mol. The molecule has 0 bridgehead atoms. The lowest BCUT2D eigenvalue weighted by molar-refractivity contribution is -0.138. The average molecular weight is 209 g/mol. The molecule has 0 heterocycles. The van der Waals surface area contributed by atoms with Gasteiger partial charge in [0.1, 0.15) is 0 Å². The smallest absolute Gasteiger partial charge is 0.310 e. The van der Waals surface area contributed by atoms with Crippen LogP contribution in [0.3, 0.4) is 0 Å². The third-order valence-corrected chi connectivity index (χ3v) is 2.14. The van der Waals surface area contributed by atoms with E-state index in [1.54, 1.807) is 12.1 Å². The van der Waals surface area contributed by atoms with Gasteiger partial charge in [0.25, 0.3) is 0 Å². The first-order chi connectivity index (χ1) is 8.28. The van der Waals surface area contributed by atoms with Gasteiger partial charge in [-0.25, -0.2) is 0 Å². The minimum absolute atomic E-state index is 0.178. The van der Waals surface area contributed by atoms with Gasteiger partial charge in [0.2, 0.25) is 0 Å². The van der Waals surface area contributed by atoms with Crippen LogP contribution in [0.25, 0.3) is 0 Å². The Morgan fingerprint density at radius 2 is 2.07 bits per heavy atom. The van der Waals surface area contributed by atoms with Gasteiger partial charge in [-0.3, -0.25) is 4.79 Å². The normalized spacial score (nSPS) is 18.0. The molecule has 15 heavy (non-hydrogen) atoms. The number of carbonyl (C=O) groups is 1. The fourth-order valence-corrected chi connectivity index (χ4v) is 1.42. The second kappa shape index (κ2) is 4.96. The fraction of sp³-hybridized carbons (Fsp3) is 0.462. The van der Waals surface area contributed by atoms with Crippen molar-refractivity contribution in [3.63, 3.8) is 0 Å². The minimum atomic E-state index is -2.23. The molecule has 2 heteroatoms. The van der Waals surface area contributed by atoms with E-state index in [0.29, 0.717) is 5.92 Å². The van der Waals surface area contributed by atoms with E-state index in [0.717, 1.165) is 12.0 Å². The lowest BCUT2D eigenvalue weighted by atomic mass is 9.97. The highest BCUT2D eigenvalue weighted by Gasteiger charge is 2.12. The Morgan fingerprint density at radius 1 is 1.47 bits per heavy atom. The van der Waals surface area contributed by atoms with Crippen LogP contribution in [0, 0.1) is 5.92 Å². The molecule has 1 aromatic rings. The van der Waals surface area contributed by atoms with Crippen molar-refractivity contribution in [2.75, 3.05) is 0 Å². The van der Waals surface area contributed by atoms with E-state index in [-0.39, 0.29) is 5.56 Å². The summed E-state index contributed by atoms with van der Waals surface area (Å²) in [7, 11) is 0. The lowest BCUT2D eigenvalue weighted by Gasteiger charge is -2.09. The topological polar surface area (TPSA) is 37.3 Å². The third-order valence-electron chi connectivity index (χ3n) is 2.14. The molecule has 2 nitrogen and oxygen atoms in total. The Balaban J connectivity index is 3.06. The van der Waals surface area contributed by atoms with Gasteiger partial charge in [-0.05, 0) is 30.3 Å². The van der Waals surface area contributed by atoms with Gasteiger partial charge < -0.3 is 5.11 Å². The molecule has 0 radical (unpaired) electrons. The molecule has 1 rings (SSSR count). The Labute approximate surface area is 95.2 Å². The van der Waals surface area contributed by atoms with Crippen LogP contribution < -0.4 is 0 Å². The Morgan fingerprint density at radius 3 is 2.47 bits per heavy atom. The quantitative estimate of drug-likeness (QED) is 0.827. The maximum Gasteiger partial charge on any atom is 0.310 e. The molecule has 0 aromatic heterocycles. The van der Waals surface area contributed by atoms with Crippen molar-refractivity contribution >= 4 is 5.97 Å². The molecule has 0 unspecified atom stereocenters. The van der Waals surface area contributed by atoms with E-state index >= 15 is 0 Å². The molecule has 0 aliphatic rings. The van der Waals surface area contributed by atoms with Gasteiger partial charge in [-0.15, -0.1) is 0 Å². The van der Waals surface area contributed by atoms with Crippen LogP contribution in [0.4, 0.5) is 0 Å². The molecule has 0 fully saturated rings. The molecule has 1 atom stereocenters. The van der Waals surface area contributed by atoms with Gasteiger partial charge in [0, 0.05) is 4.11 Å². The summed E-state index contributed by atoms with van der Waals surface area (Å²) < 4.78 is 22.3. The zero-order valence-electron chi connectivity index (χ0n) is 12.0. The monoisotopic (exact) mass is 209 g/mol. The number of benzene rings is 1. The van der Waals surface area contributed by atoms with E-state index in [4.69, 9.17) is 9.22 Å². The molecule has 0 aliphatic carbocycles. The second-order valence-corrected chi connectivity index (χ2v) is 4.01. The number of hydrogen-bond donors (Lipinski definition) is 1. The predicted molar refractivity (Wildman–Crippen MR) is 61.0 cm³/mol. The summed E-state index contributed by atoms with van der Waals surface area (Å²) in [6.45, 7) is 2.40. The molecule has 0 amide bonds. The van der Waals surface area contributed by atoms with Crippen molar-refractivity contribution in [2.24, 2.45) is 5.92 Å². The van der Waals surface area contributed by atoms with Gasteiger partial charge in [-0.2, -0.15) is 0 Å². The molecule has 0 spiro atoms. The van der Waals surface area contributed by atoms with E-state index < -0.39 is 18.7 Å². The highest BCUT2D eigenvalue weighted by Crippen LogP contribution is 2.17. The minimum Gasteiger partial charge on any atom is -0.481 e. The first-order valence-corrected chi connectivity index (χ1v) is 4.95. The van der Waals surface area contributed by atoms with Crippen LogP contribution in [0.5, 0.6) is 0 Å². The van der Waals surface area contributed by atoms with Crippen LogP contribution in [-0.4, -0.2) is 11.1 Å². The zero-order chi connectivity index (χ0) is 13.9. The van der Waals surface area contributed by atoms with Crippen LogP contribution in [-0.2, 0) is 11.2 Å². The Hall–Kier alpha value is -1.31. The Bertz CT molecular complexity index is 415. The van der Waals surface area contributed by atoms with Crippen LogP contribution in [0.2, 0.25) is 0 Å². The van der Waals surface area contributed by atoms with E-state index in [1.165, 1.54) is 12.1 Å². The number of aliphatic carboxylic acids is 1. The summed E-state index contributed by atoms with van der Waals surface area (Å²) >= 11 is 0. The maximum atomic E-state index is 11.1. The van der Waals surface area contributed by atoms with Crippen molar-refractivity contribution in [1.82, 2.24) is 0 Å². The van der Waals surface area contributed by atoms with Crippen LogP contribution in [0.1, 0.15) is 41.9 Å². The number of hydrogen-bond acceptors (Lipinski definition) is 1. The molecule has 0 saturated carbocycles. The average Bonchev–Trinajstić information content (AvgIpc) is 2.27. The lowest BCUT2D eigenvalue weighted by Crippen LogP contribution is -2.07. The van der Waals surface area contributed by atoms with E-state index in [9.17, 15) is 4.79 Å². The van der Waals surface area contributed by atoms with Crippen molar-refractivity contribution < 1.29 is 14.0 Å². The van der Waals surface area contributed by atoms with Gasteiger partial charge in [0.15, 0.2) is 0 Å². The fourth-order valence-electron chi connectivity index (χ4n) is 1.42. The highest BCUT2D eigenvalue weighted by atomic mass is 16.4. The van der Waals surface area contributed by atoms with Crippen LogP contribution >= 0.6 is 0 Å². The van der Waals surface area contributed by atoms with Crippen molar-refractivity contribution in [3.8, 4) is 0 Å². The summed E-state index contributed by atoms with van der Waals surface area (Å²) in [5.41, 5.74) is 1.24. The standard InChI is InChI=1S/C13H18O2/c1-9(2)8-11-4-6-12(7-5-11)10(3)13(14)15/h4-7,9-10H,8H2,1-3H3,(H,14,15)/t10-/m1/s1/i3D2,10D. The number of carboxylic acid groups (broad SMARTS) is 1. The predicted octanol–water partition coefficient (Wildman–Crippen LogP) is 3.07. The third kappa shape index (κ3) is 3.39.